The lowest BCUT2D eigenvalue weighted by molar-refractivity contribution is -0.127. The minimum atomic E-state index is 0. The lowest BCUT2D eigenvalue weighted by Gasteiger charge is -2.30. The Morgan fingerprint density at radius 3 is 2.43 bits per heavy atom. The molecule has 1 unspecified atom stereocenters. The normalized spacial score (nSPS) is 17.2. The topological polar surface area (TPSA) is 57.2 Å². The summed E-state index contributed by atoms with van der Waals surface area (Å²) >= 11 is 0. The second-order valence-electron chi connectivity index (χ2n) is 6.32. The highest BCUT2D eigenvalue weighted by Crippen LogP contribution is 2.15. The van der Waals surface area contributed by atoms with Crippen molar-refractivity contribution in [2.24, 2.45) is 10.9 Å². The first kappa shape index (κ1) is 22.4. The summed E-state index contributed by atoms with van der Waals surface area (Å²) in [6, 6.07) is 0.338. The van der Waals surface area contributed by atoms with E-state index in [0.717, 1.165) is 45.0 Å². The number of halogens is 1. The van der Waals surface area contributed by atoms with Gasteiger partial charge in [0, 0.05) is 46.9 Å². The fraction of sp³-hybridized carbons (Fsp3) is 0.875. The third-order valence-electron chi connectivity index (χ3n) is 4.09. The molecule has 1 aliphatic heterocycles. The molecule has 0 bridgehead atoms. The van der Waals surface area contributed by atoms with Gasteiger partial charge in [-0.3, -0.25) is 4.79 Å². The molecule has 1 atom stereocenters. The zero-order chi connectivity index (χ0) is 16.5. The number of nitrogens with zero attached hydrogens (tertiary/aromatic N) is 3. The van der Waals surface area contributed by atoms with E-state index < -0.39 is 0 Å². The number of amides is 1. The van der Waals surface area contributed by atoms with Gasteiger partial charge in [-0.25, -0.2) is 4.99 Å². The van der Waals surface area contributed by atoms with Crippen LogP contribution in [0.4, 0.5) is 0 Å². The van der Waals surface area contributed by atoms with Gasteiger partial charge in [-0.2, -0.15) is 0 Å². The molecule has 1 fully saturated rings. The minimum Gasteiger partial charge on any atom is -0.381 e. The van der Waals surface area contributed by atoms with Crippen molar-refractivity contribution in [1.29, 1.82) is 0 Å². The Kier molecular flexibility index (Phi) is 11.6. The average molecular weight is 440 g/mol. The van der Waals surface area contributed by atoms with E-state index in [0.29, 0.717) is 12.0 Å². The molecule has 0 aromatic heterocycles. The fourth-order valence-electron chi connectivity index (χ4n) is 2.29. The molecule has 1 aliphatic rings. The van der Waals surface area contributed by atoms with E-state index in [1.165, 1.54) is 0 Å². The van der Waals surface area contributed by atoms with Gasteiger partial charge in [-0.15, -0.1) is 24.0 Å². The monoisotopic (exact) mass is 440 g/mol. The van der Waals surface area contributed by atoms with E-state index in [2.05, 4.69) is 29.1 Å². The van der Waals surface area contributed by atoms with Crippen LogP contribution in [0.25, 0.3) is 0 Å². The van der Waals surface area contributed by atoms with Crippen molar-refractivity contribution in [2.75, 3.05) is 47.4 Å². The summed E-state index contributed by atoms with van der Waals surface area (Å²) in [5.74, 6) is 1.46. The molecule has 7 heteroatoms. The molecule has 0 spiro atoms. The second kappa shape index (κ2) is 11.9. The third-order valence-corrected chi connectivity index (χ3v) is 4.09. The van der Waals surface area contributed by atoms with Crippen LogP contribution in [0.3, 0.4) is 0 Å². The van der Waals surface area contributed by atoms with E-state index in [9.17, 15) is 4.79 Å². The molecule has 136 valence electrons. The number of likely N-dealkylation sites (N-methyl/N-ethyl adjacent to an activating group) is 1. The van der Waals surface area contributed by atoms with Crippen molar-refractivity contribution in [3.05, 3.63) is 0 Å². The van der Waals surface area contributed by atoms with E-state index in [1.807, 2.05) is 7.05 Å². The molecule has 1 rings (SSSR count). The molecule has 1 heterocycles. The lowest BCUT2D eigenvalue weighted by Crippen LogP contribution is -2.46. The van der Waals surface area contributed by atoms with Crippen LogP contribution in [0, 0.1) is 5.92 Å². The van der Waals surface area contributed by atoms with Gasteiger partial charge in [-0.05, 0) is 32.1 Å². The average Bonchev–Trinajstić information content (AvgIpc) is 2.51. The molecule has 1 saturated heterocycles. The summed E-state index contributed by atoms with van der Waals surface area (Å²) in [7, 11) is 5.56. The first-order valence-corrected chi connectivity index (χ1v) is 8.24. The Morgan fingerprint density at radius 1 is 1.30 bits per heavy atom. The Balaban J connectivity index is 0.00000484. The van der Waals surface area contributed by atoms with Gasteiger partial charge in [0.05, 0.1) is 0 Å². The van der Waals surface area contributed by atoms with Gasteiger partial charge < -0.3 is 19.9 Å². The number of carbonyl (C=O) groups is 1. The van der Waals surface area contributed by atoms with Crippen molar-refractivity contribution in [1.82, 2.24) is 15.1 Å². The van der Waals surface area contributed by atoms with Gasteiger partial charge in [0.15, 0.2) is 5.96 Å². The van der Waals surface area contributed by atoms with Crippen LogP contribution in [0.1, 0.15) is 33.1 Å². The number of hydrogen-bond acceptors (Lipinski definition) is 3. The molecule has 6 nitrogen and oxygen atoms in total. The Morgan fingerprint density at radius 2 is 1.91 bits per heavy atom. The molecule has 23 heavy (non-hydrogen) atoms. The van der Waals surface area contributed by atoms with Crippen LogP contribution in [0.5, 0.6) is 0 Å². The highest BCUT2D eigenvalue weighted by atomic mass is 127. The van der Waals surface area contributed by atoms with E-state index in [-0.39, 0.29) is 36.4 Å². The Hall–Kier alpha value is -0.570. The number of ether oxygens (including phenoxy) is 1. The van der Waals surface area contributed by atoms with E-state index >= 15 is 0 Å². The molecule has 0 saturated carbocycles. The largest absolute Gasteiger partial charge is 0.381 e. The van der Waals surface area contributed by atoms with Crippen LogP contribution in [-0.2, 0) is 9.53 Å². The number of carbonyl (C=O) groups excluding carboxylic acids is 1. The molecule has 1 N–H and O–H groups in total. The van der Waals surface area contributed by atoms with Crippen molar-refractivity contribution in [3.63, 3.8) is 0 Å². The van der Waals surface area contributed by atoms with Crippen LogP contribution in [0.2, 0.25) is 0 Å². The van der Waals surface area contributed by atoms with E-state index in [1.54, 1.807) is 19.0 Å². The van der Waals surface area contributed by atoms with Crippen molar-refractivity contribution in [2.45, 2.75) is 39.2 Å². The smallest absolute Gasteiger partial charge is 0.243 e. The maximum Gasteiger partial charge on any atom is 0.243 e. The van der Waals surface area contributed by atoms with Gasteiger partial charge in [0.2, 0.25) is 5.91 Å². The number of nitrogens with one attached hydrogen (secondary N) is 1. The number of rotatable bonds is 6. The second-order valence-corrected chi connectivity index (χ2v) is 6.32. The zero-order valence-electron chi connectivity index (χ0n) is 15.2. The summed E-state index contributed by atoms with van der Waals surface area (Å²) in [6.07, 6.45) is 3.21. The zero-order valence-corrected chi connectivity index (χ0v) is 17.5. The maximum absolute atomic E-state index is 11.8. The molecule has 0 aromatic carbocycles. The Labute approximate surface area is 158 Å². The molecule has 0 radical (unpaired) electrons. The summed E-state index contributed by atoms with van der Waals surface area (Å²) < 4.78 is 5.41. The molecular formula is C16H33IN4O2. The van der Waals surface area contributed by atoms with Crippen molar-refractivity contribution < 1.29 is 9.53 Å². The highest BCUT2D eigenvalue weighted by molar-refractivity contribution is 14.0. The van der Waals surface area contributed by atoms with Crippen molar-refractivity contribution in [3.8, 4) is 0 Å². The summed E-state index contributed by atoms with van der Waals surface area (Å²) in [5.41, 5.74) is 0. The van der Waals surface area contributed by atoms with Gasteiger partial charge in [0.1, 0.15) is 6.54 Å². The van der Waals surface area contributed by atoms with Crippen LogP contribution >= 0.6 is 24.0 Å². The SMILES string of the molecule is CCC(C)NC(=NCC(=O)N(C)C)N(C)CC1CCOCC1.I. The predicted octanol–water partition coefficient (Wildman–Crippen LogP) is 1.80. The first-order valence-electron chi connectivity index (χ1n) is 8.24. The molecular weight excluding hydrogens is 407 g/mol. The standard InChI is InChI=1S/C16H32N4O2.HI/c1-6-13(2)18-16(17-11-15(21)19(3)4)20(5)12-14-7-9-22-10-8-14;/h13-14H,6-12H2,1-5H3,(H,17,18);1H. The lowest BCUT2D eigenvalue weighted by atomic mass is 10.00. The van der Waals surface area contributed by atoms with Gasteiger partial charge in [0.25, 0.3) is 0 Å². The van der Waals surface area contributed by atoms with Crippen LogP contribution in [-0.4, -0.2) is 75.2 Å². The van der Waals surface area contributed by atoms with E-state index in [4.69, 9.17) is 4.74 Å². The molecule has 1 amide bonds. The van der Waals surface area contributed by atoms with Gasteiger partial charge >= 0.3 is 0 Å². The van der Waals surface area contributed by atoms with Crippen LogP contribution < -0.4 is 5.32 Å². The summed E-state index contributed by atoms with van der Waals surface area (Å²) in [5, 5.41) is 3.42. The highest BCUT2D eigenvalue weighted by Gasteiger charge is 2.18. The first-order chi connectivity index (χ1) is 10.4. The Bertz CT molecular complexity index is 371. The van der Waals surface area contributed by atoms with Crippen LogP contribution in [0.15, 0.2) is 4.99 Å². The maximum atomic E-state index is 11.8. The number of guanidine groups is 1. The minimum absolute atomic E-state index is 0. The summed E-state index contributed by atoms with van der Waals surface area (Å²) in [4.78, 5) is 20.0. The predicted molar refractivity (Wildman–Crippen MR) is 105 cm³/mol. The fourth-order valence-corrected chi connectivity index (χ4v) is 2.29. The molecule has 0 aromatic rings. The van der Waals surface area contributed by atoms with Crippen molar-refractivity contribution >= 4 is 35.8 Å². The van der Waals surface area contributed by atoms with Gasteiger partial charge in [-0.1, -0.05) is 6.92 Å². The number of hydrogen-bond donors (Lipinski definition) is 1. The third kappa shape index (κ3) is 8.74. The number of aliphatic imine (C=N–C) groups is 1. The molecule has 0 aliphatic carbocycles. The quantitative estimate of drug-likeness (QED) is 0.389. The summed E-state index contributed by atoms with van der Waals surface area (Å²) in [6.45, 7) is 7.10.